The maximum absolute atomic E-state index is 4.78. The Morgan fingerprint density at radius 1 is 1.11 bits per heavy atom. The second kappa shape index (κ2) is 7.50. The SMILES string of the molecule is CCCCCCc1nccc(C2CCCCC2)n1. The molecule has 0 amide bonds. The molecule has 1 aliphatic rings. The molecule has 18 heavy (non-hydrogen) atoms. The van der Waals surface area contributed by atoms with Crippen LogP contribution in [0.25, 0.3) is 0 Å². The fraction of sp³-hybridized carbons (Fsp3) is 0.750. The molecule has 0 bridgehead atoms. The molecule has 1 saturated carbocycles. The van der Waals surface area contributed by atoms with Crippen molar-refractivity contribution in [2.75, 3.05) is 0 Å². The summed E-state index contributed by atoms with van der Waals surface area (Å²) >= 11 is 0. The minimum Gasteiger partial charge on any atom is -0.241 e. The van der Waals surface area contributed by atoms with Crippen molar-refractivity contribution in [1.29, 1.82) is 0 Å². The van der Waals surface area contributed by atoms with Crippen LogP contribution < -0.4 is 0 Å². The molecule has 0 saturated heterocycles. The van der Waals surface area contributed by atoms with Gasteiger partial charge < -0.3 is 0 Å². The maximum atomic E-state index is 4.78. The second-order valence-electron chi connectivity index (χ2n) is 5.54. The van der Waals surface area contributed by atoms with E-state index in [4.69, 9.17) is 4.98 Å². The molecule has 0 aromatic carbocycles. The minimum absolute atomic E-state index is 0.705. The summed E-state index contributed by atoms with van der Waals surface area (Å²) in [6, 6.07) is 2.13. The van der Waals surface area contributed by atoms with Gasteiger partial charge in [0.1, 0.15) is 5.82 Å². The van der Waals surface area contributed by atoms with Gasteiger partial charge in [-0.3, -0.25) is 0 Å². The van der Waals surface area contributed by atoms with Crippen molar-refractivity contribution in [1.82, 2.24) is 9.97 Å². The van der Waals surface area contributed by atoms with Crippen LogP contribution in [0, 0.1) is 0 Å². The van der Waals surface area contributed by atoms with Gasteiger partial charge in [0.25, 0.3) is 0 Å². The lowest BCUT2D eigenvalue weighted by molar-refractivity contribution is 0.435. The van der Waals surface area contributed by atoms with Crippen LogP contribution in [0.2, 0.25) is 0 Å². The number of aryl methyl sites for hydroxylation is 1. The van der Waals surface area contributed by atoms with Crippen molar-refractivity contribution >= 4 is 0 Å². The van der Waals surface area contributed by atoms with Crippen LogP contribution in [0.4, 0.5) is 0 Å². The third kappa shape index (κ3) is 4.08. The van der Waals surface area contributed by atoms with E-state index in [1.54, 1.807) is 0 Å². The molecule has 100 valence electrons. The molecule has 1 aromatic heterocycles. The molecule has 0 unspecified atom stereocenters. The van der Waals surface area contributed by atoms with Crippen LogP contribution in [0.1, 0.15) is 82.1 Å². The number of rotatable bonds is 6. The van der Waals surface area contributed by atoms with E-state index < -0.39 is 0 Å². The smallest absolute Gasteiger partial charge is 0.128 e. The lowest BCUT2D eigenvalue weighted by Crippen LogP contribution is -2.08. The summed E-state index contributed by atoms with van der Waals surface area (Å²) in [5.74, 6) is 1.77. The zero-order chi connectivity index (χ0) is 12.6. The molecule has 0 spiro atoms. The van der Waals surface area contributed by atoms with Crippen LogP contribution in [0.15, 0.2) is 12.3 Å². The summed E-state index contributed by atoms with van der Waals surface area (Å²) in [7, 11) is 0. The van der Waals surface area contributed by atoms with Gasteiger partial charge in [-0.2, -0.15) is 0 Å². The van der Waals surface area contributed by atoms with Gasteiger partial charge in [0.05, 0.1) is 0 Å². The molecule has 2 nitrogen and oxygen atoms in total. The van der Waals surface area contributed by atoms with Crippen LogP contribution in [-0.2, 0) is 6.42 Å². The summed E-state index contributed by atoms with van der Waals surface area (Å²) in [4.78, 5) is 9.20. The van der Waals surface area contributed by atoms with E-state index >= 15 is 0 Å². The van der Waals surface area contributed by atoms with E-state index in [9.17, 15) is 0 Å². The molecular weight excluding hydrogens is 220 g/mol. The van der Waals surface area contributed by atoms with Gasteiger partial charge in [-0.25, -0.2) is 9.97 Å². The summed E-state index contributed by atoms with van der Waals surface area (Å²) in [5.41, 5.74) is 1.30. The number of aromatic nitrogens is 2. The van der Waals surface area contributed by atoms with Gasteiger partial charge in [-0.1, -0.05) is 45.4 Å². The Bertz CT molecular complexity index is 343. The van der Waals surface area contributed by atoms with Crippen molar-refractivity contribution in [2.24, 2.45) is 0 Å². The first-order chi connectivity index (χ1) is 8.90. The molecule has 1 fully saturated rings. The lowest BCUT2D eigenvalue weighted by Gasteiger charge is -2.21. The van der Waals surface area contributed by atoms with Crippen LogP contribution >= 0.6 is 0 Å². The van der Waals surface area contributed by atoms with Gasteiger partial charge >= 0.3 is 0 Å². The van der Waals surface area contributed by atoms with Crippen LogP contribution in [-0.4, -0.2) is 9.97 Å². The largest absolute Gasteiger partial charge is 0.241 e. The average molecular weight is 246 g/mol. The van der Waals surface area contributed by atoms with Gasteiger partial charge in [-0.05, 0) is 25.3 Å². The predicted molar refractivity (Wildman–Crippen MR) is 75.7 cm³/mol. The molecule has 1 aromatic rings. The highest BCUT2D eigenvalue weighted by molar-refractivity contribution is 5.09. The molecule has 0 aliphatic heterocycles. The van der Waals surface area contributed by atoms with Crippen LogP contribution in [0.5, 0.6) is 0 Å². The molecule has 0 atom stereocenters. The molecular formula is C16H26N2. The van der Waals surface area contributed by atoms with Gasteiger partial charge in [0.15, 0.2) is 0 Å². The summed E-state index contributed by atoms with van der Waals surface area (Å²) < 4.78 is 0. The predicted octanol–water partition coefficient (Wildman–Crippen LogP) is 4.65. The molecule has 2 rings (SSSR count). The van der Waals surface area contributed by atoms with Crippen molar-refractivity contribution in [2.45, 2.75) is 77.0 Å². The van der Waals surface area contributed by atoms with Crippen molar-refractivity contribution < 1.29 is 0 Å². The first-order valence-corrected chi connectivity index (χ1v) is 7.72. The summed E-state index contributed by atoms with van der Waals surface area (Å²) in [5, 5.41) is 0. The summed E-state index contributed by atoms with van der Waals surface area (Å²) in [6.07, 6.45) is 15.0. The van der Waals surface area contributed by atoms with Gasteiger partial charge in [0, 0.05) is 24.2 Å². The first-order valence-electron chi connectivity index (χ1n) is 7.72. The van der Waals surface area contributed by atoms with Crippen LogP contribution in [0.3, 0.4) is 0 Å². The van der Waals surface area contributed by atoms with E-state index in [1.165, 1.54) is 63.5 Å². The average Bonchev–Trinajstić information content (AvgIpc) is 2.45. The Kier molecular flexibility index (Phi) is 5.63. The monoisotopic (exact) mass is 246 g/mol. The fourth-order valence-corrected chi connectivity index (χ4v) is 2.87. The van der Waals surface area contributed by atoms with Gasteiger partial charge in [-0.15, -0.1) is 0 Å². The Hall–Kier alpha value is -0.920. The minimum atomic E-state index is 0.705. The number of unbranched alkanes of at least 4 members (excludes halogenated alkanes) is 3. The third-order valence-electron chi connectivity index (χ3n) is 4.00. The third-order valence-corrected chi connectivity index (χ3v) is 4.00. The Labute approximate surface area is 111 Å². The van der Waals surface area contributed by atoms with E-state index in [-0.39, 0.29) is 0 Å². The van der Waals surface area contributed by atoms with Crippen molar-refractivity contribution in [3.63, 3.8) is 0 Å². The Balaban J connectivity index is 1.88. The number of hydrogen-bond acceptors (Lipinski definition) is 2. The standard InChI is InChI=1S/C16H26N2/c1-2-3-4-8-11-16-17-13-12-15(18-16)14-9-6-5-7-10-14/h12-14H,2-11H2,1H3. The van der Waals surface area contributed by atoms with E-state index in [0.717, 1.165) is 12.2 Å². The molecule has 0 radical (unpaired) electrons. The Morgan fingerprint density at radius 2 is 1.94 bits per heavy atom. The number of nitrogens with zero attached hydrogens (tertiary/aromatic N) is 2. The van der Waals surface area contributed by atoms with Gasteiger partial charge in [0.2, 0.25) is 0 Å². The quantitative estimate of drug-likeness (QED) is 0.683. The Morgan fingerprint density at radius 3 is 2.72 bits per heavy atom. The topological polar surface area (TPSA) is 25.8 Å². The zero-order valence-electron chi connectivity index (χ0n) is 11.7. The highest BCUT2D eigenvalue weighted by atomic mass is 14.9. The summed E-state index contributed by atoms with van der Waals surface area (Å²) in [6.45, 7) is 2.25. The fourth-order valence-electron chi connectivity index (χ4n) is 2.87. The molecule has 0 N–H and O–H groups in total. The second-order valence-corrected chi connectivity index (χ2v) is 5.54. The van der Waals surface area contributed by atoms with Crippen molar-refractivity contribution in [3.05, 3.63) is 23.8 Å². The molecule has 1 heterocycles. The normalized spacial score (nSPS) is 16.9. The zero-order valence-corrected chi connectivity index (χ0v) is 11.7. The molecule has 2 heteroatoms. The van der Waals surface area contributed by atoms with Crippen molar-refractivity contribution in [3.8, 4) is 0 Å². The van der Waals surface area contributed by atoms with E-state index in [0.29, 0.717) is 5.92 Å². The highest BCUT2D eigenvalue weighted by Gasteiger charge is 2.16. The first kappa shape index (κ1) is 13.5. The molecule has 1 aliphatic carbocycles. The van der Waals surface area contributed by atoms with E-state index in [1.807, 2.05) is 6.20 Å². The lowest BCUT2D eigenvalue weighted by atomic mass is 9.87. The van der Waals surface area contributed by atoms with E-state index in [2.05, 4.69) is 18.0 Å². The highest BCUT2D eigenvalue weighted by Crippen LogP contribution is 2.31. The number of hydrogen-bond donors (Lipinski definition) is 0. The maximum Gasteiger partial charge on any atom is 0.128 e.